The molecule has 0 spiro atoms. The van der Waals surface area contributed by atoms with E-state index in [1.165, 1.54) is 23.5 Å². The first-order chi connectivity index (χ1) is 12.0. The Hall–Kier alpha value is -2.56. The Morgan fingerprint density at radius 2 is 2.20 bits per heavy atom. The number of nitro groups is 1. The maximum absolute atomic E-state index is 12.3. The number of amides is 1. The van der Waals surface area contributed by atoms with E-state index in [4.69, 9.17) is 10.5 Å². The first-order valence-electron chi connectivity index (χ1n) is 7.62. The summed E-state index contributed by atoms with van der Waals surface area (Å²) in [6, 6.07) is 3.95. The van der Waals surface area contributed by atoms with E-state index in [0.29, 0.717) is 24.9 Å². The molecule has 1 aromatic carbocycles. The van der Waals surface area contributed by atoms with Crippen LogP contribution in [0.15, 0.2) is 23.6 Å². The first-order valence-corrected chi connectivity index (χ1v) is 8.50. The van der Waals surface area contributed by atoms with Gasteiger partial charge in [0.25, 0.3) is 11.6 Å². The van der Waals surface area contributed by atoms with Crippen LogP contribution in [0.4, 0.5) is 16.5 Å². The molecule has 0 radical (unpaired) electrons. The molecule has 9 nitrogen and oxygen atoms in total. The standard InChI is InChI=1S/C15H17N5O4S/c16-12-2-1-10(7-13(12)20(22)23)14(21)18-15-17-11(9-25-15)8-19-3-5-24-6-4-19/h1-2,7,9H,3-6,8,16H2,(H,17,18,21). The van der Waals surface area contributed by atoms with E-state index >= 15 is 0 Å². The van der Waals surface area contributed by atoms with Crippen molar-refractivity contribution in [2.24, 2.45) is 0 Å². The van der Waals surface area contributed by atoms with E-state index in [1.54, 1.807) is 0 Å². The maximum atomic E-state index is 12.3. The minimum atomic E-state index is -0.615. The van der Waals surface area contributed by atoms with Gasteiger partial charge in [-0.2, -0.15) is 0 Å². The Morgan fingerprint density at radius 3 is 2.92 bits per heavy atom. The fraction of sp³-hybridized carbons (Fsp3) is 0.333. The molecule has 1 aliphatic rings. The van der Waals surface area contributed by atoms with Gasteiger partial charge in [-0.05, 0) is 12.1 Å². The molecule has 3 rings (SSSR count). The smallest absolute Gasteiger partial charge is 0.292 e. The molecule has 25 heavy (non-hydrogen) atoms. The zero-order valence-electron chi connectivity index (χ0n) is 13.3. The second-order valence-electron chi connectivity index (χ2n) is 5.52. The highest BCUT2D eigenvalue weighted by Gasteiger charge is 2.17. The number of nitrogens with one attached hydrogen (secondary N) is 1. The summed E-state index contributed by atoms with van der Waals surface area (Å²) in [6.45, 7) is 3.83. The van der Waals surface area contributed by atoms with Crippen molar-refractivity contribution in [1.29, 1.82) is 0 Å². The van der Waals surface area contributed by atoms with Crippen LogP contribution in [0.2, 0.25) is 0 Å². The SMILES string of the molecule is Nc1ccc(C(=O)Nc2nc(CN3CCOCC3)cs2)cc1[N+](=O)[O-]. The zero-order valence-corrected chi connectivity index (χ0v) is 14.1. The maximum Gasteiger partial charge on any atom is 0.292 e. The molecule has 0 bridgehead atoms. The van der Waals surface area contributed by atoms with E-state index < -0.39 is 10.8 Å². The van der Waals surface area contributed by atoms with E-state index in [9.17, 15) is 14.9 Å². The fourth-order valence-corrected chi connectivity index (χ4v) is 3.13. The molecule has 1 fully saturated rings. The predicted molar refractivity (Wildman–Crippen MR) is 93.7 cm³/mol. The molecule has 1 aromatic heterocycles. The highest BCUT2D eigenvalue weighted by Crippen LogP contribution is 2.24. The van der Waals surface area contributed by atoms with Gasteiger partial charge in [0, 0.05) is 36.6 Å². The lowest BCUT2D eigenvalue weighted by atomic mass is 10.1. The molecule has 2 aromatic rings. The second-order valence-corrected chi connectivity index (χ2v) is 6.38. The molecular weight excluding hydrogens is 346 g/mol. The Bertz CT molecular complexity index is 788. The van der Waals surface area contributed by atoms with Gasteiger partial charge < -0.3 is 10.5 Å². The summed E-state index contributed by atoms with van der Waals surface area (Å²) in [4.78, 5) is 29.2. The van der Waals surface area contributed by atoms with Gasteiger partial charge in [0.1, 0.15) is 5.69 Å². The lowest BCUT2D eigenvalue weighted by Crippen LogP contribution is -2.35. The topological polar surface area (TPSA) is 124 Å². The number of nitrogen functional groups attached to an aromatic ring is 1. The second kappa shape index (κ2) is 7.55. The summed E-state index contributed by atoms with van der Waals surface area (Å²) in [5.74, 6) is -0.463. The highest BCUT2D eigenvalue weighted by molar-refractivity contribution is 7.13. The Kier molecular flexibility index (Phi) is 5.22. The molecular formula is C15H17N5O4S. The third-order valence-electron chi connectivity index (χ3n) is 3.75. The van der Waals surface area contributed by atoms with E-state index in [2.05, 4.69) is 15.2 Å². The van der Waals surface area contributed by atoms with Crippen molar-refractivity contribution in [2.45, 2.75) is 6.54 Å². The highest BCUT2D eigenvalue weighted by atomic mass is 32.1. The minimum Gasteiger partial charge on any atom is -0.393 e. The molecule has 1 saturated heterocycles. The zero-order chi connectivity index (χ0) is 17.8. The number of anilines is 2. The van der Waals surface area contributed by atoms with Gasteiger partial charge in [-0.1, -0.05) is 0 Å². The van der Waals surface area contributed by atoms with Crippen LogP contribution in [0.1, 0.15) is 16.1 Å². The summed E-state index contributed by atoms with van der Waals surface area (Å²) >= 11 is 1.32. The van der Waals surface area contributed by atoms with Crippen molar-refractivity contribution in [3.8, 4) is 0 Å². The average molecular weight is 363 g/mol. The summed E-state index contributed by atoms with van der Waals surface area (Å²) in [6.07, 6.45) is 0. The lowest BCUT2D eigenvalue weighted by Gasteiger charge is -2.25. The number of rotatable bonds is 5. The average Bonchev–Trinajstić information content (AvgIpc) is 3.02. The van der Waals surface area contributed by atoms with Crippen molar-refractivity contribution in [3.63, 3.8) is 0 Å². The largest absolute Gasteiger partial charge is 0.393 e. The van der Waals surface area contributed by atoms with Gasteiger partial charge in [-0.25, -0.2) is 4.98 Å². The van der Waals surface area contributed by atoms with Gasteiger partial charge >= 0.3 is 0 Å². The third kappa shape index (κ3) is 4.29. The quantitative estimate of drug-likeness (QED) is 0.471. The lowest BCUT2D eigenvalue weighted by molar-refractivity contribution is -0.383. The Labute approximate surface area is 147 Å². The number of aromatic nitrogens is 1. The number of benzene rings is 1. The van der Waals surface area contributed by atoms with Crippen LogP contribution in [0.3, 0.4) is 0 Å². The van der Waals surface area contributed by atoms with Crippen LogP contribution in [-0.4, -0.2) is 47.0 Å². The molecule has 0 atom stereocenters. The first kappa shape index (κ1) is 17.3. The summed E-state index contributed by atoms with van der Waals surface area (Å²) in [5.41, 5.74) is 6.29. The number of hydrogen-bond acceptors (Lipinski definition) is 8. The summed E-state index contributed by atoms with van der Waals surface area (Å²) in [5, 5.41) is 15.9. The van der Waals surface area contributed by atoms with E-state index in [0.717, 1.165) is 24.8 Å². The van der Waals surface area contributed by atoms with Gasteiger partial charge in [0.15, 0.2) is 5.13 Å². The van der Waals surface area contributed by atoms with Crippen LogP contribution in [0, 0.1) is 10.1 Å². The number of ether oxygens (including phenoxy) is 1. The molecule has 132 valence electrons. The van der Waals surface area contributed by atoms with Crippen LogP contribution < -0.4 is 11.1 Å². The van der Waals surface area contributed by atoms with Crippen LogP contribution >= 0.6 is 11.3 Å². The monoisotopic (exact) mass is 363 g/mol. The van der Waals surface area contributed by atoms with E-state index in [1.807, 2.05) is 5.38 Å². The Morgan fingerprint density at radius 1 is 1.44 bits per heavy atom. The third-order valence-corrected chi connectivity index (χ3v) is 4.56. The van der Waals surface area contributed by atoms with Crippen molar-refractivity contribution in [1.82, 2.24) is 9.88 Å². The minimum absolute atomic E-state index is 0.0172. The molecule has 0 saturated carbocycles. The number of nitro benzene ring substituents is 1. The number of carbonyl (C=O) groups is 1. The van der Waals surface area contributed by atoms with Crippen LogP contribution in [0.5, 0.6) is 0 Å². The normalized spacial score (nSPS) is 15.0. The van der Waals surface area contributed by atoms with Crippen LogP contribution in [-0.2, 0) is 11.3 Å². The van der Waals surface area contributed by atoms with Crippen LogP contribution in [0.25, 0.3) is 0 Å². The molecule has 3 N–H and O–H groups in total. The molecule has 2 heterocycles. The number of nitrogens with two attached hydrogens (primary N) is 1. The van der Waals surface area contributed by atoms with Crippen molar-refractivity contribution in [3.05, 3.63) is 45.0 Å². The van der Waals surface area contributed by atoms with Gasteiger partial charge in [-0.3, -0.25) is 25.1 Å². The molecule has 10 heteroatoms. The number of morpholine rings is 1. The predicted octanol–water partition coefficient (Wildman–Crippen LogP) is 1.72. The molecule has 1 aliphatic heterocycles. The van der Waals surface area contributed by atoms with Gasteiger partial charge in [0.2, 0.25) is 0 Å². The van der Waals surface area contributed by atoms with Gasteiger partial charge in [0.05, 0.1) is 23.8 Å². The number of hydrogen-bond donors (Lipinski definition) is 2. The fourth-order valence-electron chi connectivity index (χ4n) is 2.44. The van der Waals surface area contributed by atoms with Crippen molar-refractivity contribution in [2.75, 3.05) is 37.4 Å². The molecule has 0 aliphatic carbocycles. The number of nitrogens with zero attached hydrogens (tertiary/aromatic N) is 3. The molecule has 1 amide bonds. The summed E-state index contributed by atoms with van der Waals surface area (Å²) < 4.78 is 5.31. The van der Waals surface area contributed by atoms with Gasteiger partial charge in [-0.15, -0.1) is 11.3 Å². The number of thiazole rings is 1. The molecule has 0 unspecified atom stereocenters. The summed E-state index contributed by atoms with van der Waals surface area (Å²) in [7, 11) is 0. The number of carbonyl (C=O) groups excluding carboxylic acids is 1. The van der Waals surface area contributed by atoms with Crippen molar-refractivity contribution >= 4 is 33.8 Å². The van der Waals surface area contributed by atoms with E-state index in [-0.39, 0.29) is 16.9 Å². The van der Waals surface area contributed by atoms with Crippen molar-refractivity contribution < 1.29 is 14.5 Å². The Balaban J connectivity index is 1.65.